The molecule has 1 saturated carbocycles. The Hall–Kier alpha value is -0.400. The average Bonchev–Trinajstić information content (AvgIpc) is 2.23. The Morgan fingerprint density at radius 3 is 2.69 bits per heavy atom. The third-order valence-electron chi connectivity index (χ3n) is 3.31. The second kappa shape index (κ2) is 5.29. The van der Waals surface area contributed by atoms with E-state index in [1.54, 1.807) is 7.11 Å². The first-order chi connectivity index (χ1) is 7.70. The molecule has 1 atom stereocenters. The molecule has 3 heteroatoms. The number of ether oxygens (including phenoxy) is 1. The number of hydrogen-bond acceptors (Lipinski definition) is 1. The molecule has 1 aliphatic carbocycles. The third kappa shape index (κ3) is 2.64. The van der Waals surface area contributed by atoms with Crippen LogP contribution in [0.5, 0.6) is 5.75 Å². The van der Waals surface area contributed by atoms with Crippen molar-refractivity contribution in [2.24, 2.45) is 5.92 Å². The smallest absolute Gasteiger partial charge is 0.120 e. The molecule has 1 aromatic carbocycles. The van der Waals surface area contributed by atoms with E-state index in [0.717, 1.165) is 23.7 Å². The van der Waals surface area contributed by atoms with E-state index in [1.165, 1.54) is 19.3 Å². The minimum Gasteiger partial charge on any atom is -0.497 e. The Labute approximate surface area is 107 Å². The Kier molecular flexibility index (Phi) is 3.99. The highest BCUT2D eigenvalue weighted by molar-refractivity contribution is 6.32. The SMILES string of the molecule is COc1ccc(C(Cl)CC2CCC2)c(Cl)c1. The summed E-state index contributed by atoms with van der Waals surface area (Å²) in [4.78, 5) is 0. The van der Waals surface area contributed by atoms with Crippen molar-refractivity contribution in [2.45, 2.75) is 31.1 Å². The maximum Gasteiger partial charge on any atom is 0.120 e. The maximum atomic E-state index is 6.39. The molecular weight excluding hydrogens is 243 g/mol. The van der Waals surface area contributed by atoms with Gasteiger partial charge in [0.05, 0.1) is 12.5 Å². The summed E-state index contributed by atoms with van der Waals surface area (Å²) in [5.41, 5.74) is 1.02. The molecule has 1 fully saturated rings. The number of rotatable bonds is 4. The van der Waals surface area contributed by atoms with Crippen molar-refractivity contribution in [1.29, 1.82) is 0 Å². The van der Waals surface area contributed by atoms with Crippen molar-refractivity contribution < 1.29 is 4.74 Å². The molecule has 0 N–H and O–H groups in total. The van der Waals surface area contributed by atoms with E-state index in [9.17, 15) is 0 Å². The van der Waals surface area contributed by atoms with Gasteiger partial charge in [-0.2, -0.15) is 0 Å². The van der Waals surface area contributed by atoms with Crippen molar-refractivity contribution in [3.8, 4) is 5.75 Å². The van der Waals surface area contributed by atoms with Gasteiger partial charge in [0.15, 0.2) is 0 Å². The standard InChI is InChI=1S/C13H16Cl2O/c1-16-10-5-6-11(13(15)8-10)12(14)7-9-3-2-4-9/h5-6,8-9,12H,2-4,7H2,1H3. The van der Waals surface area contributed by atoms with Gasteiger partial charge in [0, 0.05) is 5.02 Å². The summed E-state index contributed by atoms with van der Waals surface area (Å²) in [5.74, 6) is 1.57. The molecule has 0 aliphatic heterocycles. The van der Waals surface area contributed by atoms with Gasteiger partial charge >= 0.3 is 0 Å². The highest BCUT2D eigenvalue weighted by atomic mass is 35.5. The number of alkyl halides is 1. The summed E-state index contributed by atoms with van der Waals surface area (Å²) in [6.07, 6.45) is 5.02. The van der Waals surface area contributed by atoms with Crippen molar-refractivity contribution in [3.63, 3.8) is 0 Å². The third-order valence-corrected chi connectivity index (χ3v) is 4.05. The quantitative estimate of drug-likeness (QED) is 0.704. The van der Waals surface area contributed by atoms with Crippen molar-refractivity contribution in [3.05, 3.63) is 28.8 Å². The predicted molar refractivity (Wildman–Crippen MR) is 68.6 cm³/mol. The number of hydrogen-bond donors (Lipinski definition) is 0. The van der Waals surface area contributed by atoms with Crippen molar-refractivity contribution in [2.75, 3.05) is 7.11 Å². The van der Waals surface area contributed by atoms with Gasteiger partial charge < -0.3 is 4.74 Å². The first kappa shape index (κ1) is 12.1. The minimum atomic E-state index is 0.0312. The Morgan fingerprint density at radius 1 is 1.44 bits per heavy atom. The average molecular weight is 259 g/mol. The van der Waals surface area contributed by atoms with Crippen LogP contribution in [0.15, 0.2) is 18.2 Å². The first-order valence-electron chi connectivity index (χ1n) is 5.68. The van der Waals surface area contributed by atoms with Gasteiger partial charge in [-0.25, -0.2) is 0 Å². The van der Waals surface area contributed by atoms with E-state index in [1.807, 2.05) is 18.2 Å². The lowest BCUT2D eigenvalue weighted by molar-refractivity contribution is 0.293. The fourth-order valence-electron chi connectivity index (χ4n) is 2.04. The van der Waals surface area contributed by atoms with Crippen LogP contribution in [0.2, 0.25) is 5.02 Å². The Balaban J connectivity index is 2.06. The summed E-state index contributed by atoms with van der Waals surface area (Å²) < 4.78 is 5.12. The summed E-state index contributed by atoms with van der Waals surface area (Å²) in [7, 11) is 1.64. The van der Waals surface area contributed by atoms with Gasteiger partial charge in [0.2, 0.25) is 0 Å². The van der Waals surface area contributed by atoms with Crippen LogP contribution < -0.4 is 4.74 Å². The van der Waals surface area contributed by atoms with Gasteiger partial charge in [0.25, 0.3) is 0 Å². The Bertz CT molecular complexity index is 361. The largest absolute Gasteiger partial charge is 0.497 e. The lowest BCUT2D eigenvalue weighted by Gasteiger charge is -2.27. The van der Waals surface area contributed by atoms with Crippen LogP contribution in [0.4, 0.5) is 0 Å². The van der Waals surface area contributed by atoms with Gasteiger partial charge in [-0.05, 0) is 30.0 Å². The van der Waals surface area contributed by atoms with Gasteiger partial charge in [0.1, 0.15) is 5.75 Å². The molecule has 1 aliphatic rings. The van der Waals surface area contributed by atoms with Crippen molar-refractivity contribution in [1.82, 2.24) is 0 Å². The minimum absolute atomic E-state index is 0.0312. The predicted octanol–water partition coefficient (Wildman–Crippen LogP) is 4.82. The molecular formula is C13H16Cl2O. The maximum absolute atomic E-state index is 6.39. The molecule has 16 heavy (non-hydrogen) atoms. The monoisotopic (exact) mass is 258 g/mol. The second-order valence-corrected chi connectivity index (χ2v) is 5.32. The molecule has 1 nitrogen and oxygen atoms in total. The first-order valence-corrected chi connectivity index (χ1v) is 6.49. The number of methoxy groups -OCH3 is 1. The van der Waals surface area contributed by atoms with Crippen LogP contribution in [0.1, 0.15) is 36.6 Å². The summed E-state index contributed by atoms with van der Waals surface area (Å²) in [6, 6.07) is 5.71. The van der Waals surface area contributed by atoms with Crippen LogP contribution in [0.3, 0.4) is 0 Å². The van der Waals surface area contributed by atoms with Crippen LogP contribution in [0.25, 0.3) is 0 Å². The molecule has 0 saturated heterocycles. The van der Waals surface area contributed by atoms with Crippen LogP contribution in [-0.2, 0) is 0 Å². The zero-order valence-electron chi connectivity index (χ0n) is 9.38. The number of halogens is 2. The molecule has 0 aromatic heterocycles. The van der Waals surface area contributed by atoms with Crippen LogP contribution >= 0.6 is 23.2 Å². The normalized spacial score (nSPS) is 17.9. The van der Waals surface area contributed by atoms with E-state index in [4.69, 9.17) is 27.9 Å². The molecule has 0 bridgehead atoms. The van der Waals surface area contributed by atoms with Crippen molar-refractivity contribution >= 4 is 23.2 Å². The molecule has 0 spiro atoms. The molecule has 88 valence electrons. The highest BCUT2D eigenvalue weighted by Gasteiger charge is 2.23. The molecule has 0 amide bonds. The fourth-order valence-corrected chi connectivity index (χ4v) is 2.84. The molecule has 1 aromatic rings. The van der Waals surface area contributed by atoms with E-state index in [2.05, 4.69) is 0 Å². The molecule has 0 radical (unpaired) electrons. The summed E-state index contributed by atoms with van der Waals surface area (Å²) in [6.45, 7) is 0. The Morgan fingerprint density at radius 2 is 2.19 bits per heavy atom. The van der Waals surface area contributed by atoms with E-state index >= 15 is 0 Å². The second-order valence-electron chi connectivity index (χ2n) is 4.39. The topological polar surface area (TPSA) is 9.23 Å². The van der Waals surface area contributed by atoms with E-state index in [-0.39, 0.29) is 5.38 Å². The lowest BCUT2D eigenvalue weighted by atomic mass is 9.81. The van der Waals surface area contributed by atoms with E-state index < -0.39 is 0 Å². The lowest BCUT2D eigenvalue weighted by Crippen LogP contribution is -2.13. The van der Waals surface area contributed by atoms with Crippen LogP contribution in [-0.4, -0.2) is 7.11 Å². The summed E-state index contributed by atoms with van der Waals surface area (Å²) in [5, 5.41) is 0.738. The zero-order chi connectivity index (χ0) is 11.5. The number of benzene rings is 1. The van der Waals surface area contributed by atoms with Gasteiger partial charge in [-0.3, -0.25) is 0 Å². The highest BCUT2D eigenvalue weighted by Crippen LogP contribution is 2.40. The van der Waals surface area contributed by atoms with Gasteiger partial charge in [-0.1, -0.05) is 36.9 Å². The van der Waals surface area contributed by atoms with Gasteiger partial charge in [-0.15, -0.1) is 11.6 Å². The molecule has 0 heterocycles. The fraction of sp³-hybridized carbons (Fsp3) is 0.538. The van der Waals surface area contributed by atoms with Crippen LogP contribution in [0, 0.1) is 5.92 Å². The molecule has 2 rings (SSSR count). The van der Waals surface area contributed by atoms with E-state index in [0.29, 0.717) is 5.02 Å². The summed E-state index contributed by atoms with van der Waals surface area (Å²) >= 11 is 12.6. The molecule has 1 unspecified atom stereocenters. The zero-order valence-corrected chi connectivity index (χ0v) is 10.9.